The van der Waals surface area contributed by atoms with Crippen LogP contribution in [0.5, 0.6) is 0 Å². The predicted octanol–water partition coefficient (Wildman–Crippen LogP) is 2.56. The number of hydrogen-bond acceptors (Lipinski definition) is 4. The van der Waals surface area contributed by atoms with Crippen molar-refractivity contribution in [1.29, 1.82) is 0 Å². The Hall–Kier alpha value is -0.860. The number of sulfonamides is 1. The van der Waals surface area contributed by atoms with Crippen LogP contribution in [-0.2, 0) is 14.8 Å². The summed E-state index contributed by atoms with van der Waals surface area (Å²) in [5.41, 5.74) is 0. The maximum atomic E-state index is 12.9. The molecule has 0 N–H and O–H groups in total. The molecule has 2 aliphatic rings. The molecule has 1 aromatic rings. The van der Waals surface area contributed by atoms with E-state index in [-0.39, 0.29) is 20.8 Å². The quantitative estimate of drug-likeness (QED) is 0.731. The maximum absolute atomic E-state index is 12.9. The van der Waals surface area contributed by atoms with Crippen LogP contribution in [0, 0.1) is 5.92 Å². The average Bonchev–Trinajstić information content (AvgIpc) is 2.65. The molecule has 3 rings (SSSR count). The van der Waals surface area contributed by atoms with Crippen molar-refractivity contribution in [3.05, 3.63) is 28.2 Å². The number of benzene rings is 1. The summed E-state index contributed by atoms with van der Waals surface area (Å²) in [6.45, 7) is 5.91. The van der Waals surface area contributed by atoms with E-state index in [0.717, 1.165) is 25.9 Å². The average molecular weight is 434 g/mol. The maximum Gasteiger partial charge on any atom is 0.244 e. The fourth-order valence-corrected chi connectivity index (χ4v) is 5.66. The second kappa shape index (κ2) is 8.66. The largest absolute Gasteiger partial charge is 0.342 e. The Balaban J connectivity index is 1.57. The molecule has 1 aromatic carbocycles. The third-order valence-corrected chi connectivity index (χ3v) is 8.23. The van der Waals surface area contributed by atoms with Crippen molar-refractivity contribution in [1.82, 2.24) is 14.1 Å². The van der Waals surface area contributed by atoms with Crippen molar-refractivity contribution < 1.29 is 13.2 Å². The van der Waals surface area contributed by atoms with Crippen LogP contribution in [0.1, 0.15) is 19.8 Å². The van der Waals surface area contributed by atoms with Crippen molar-refractivity contribution in [3.8, 4) is 0 Å². The second-order valence-corrected chi connectivity index (χ2v) is 9.99. The molecule has 1 amide bonds. The van der Waals surface area contributed by atoms with Crippen molar-refractivity contribution in [3.63, 3.8) is 0 Å². The van der Waals surface area contributed by atoms with Crippen LogP contribution in [0.25, 0.3) is 0 Å². The lowest BCUT2D eigenvalue weighted by Gasteiger charge is -2.36. The first-order chi connectivity index (χ1) is 12.8. The minimum atomic E-state index is -3.70. The highest BCUT2D eigenvalue weighted by atomic mass is 35.5. The number of halogens is 2. The van der Waals surface area contributed by atoms with Gasteiger partial charge in [-0.3, -0.25) is 9.69 Å². The lowest BCUT2D eigenvalue weighted by molar-refractivity contribution is -0.134. The fraction of sp³-hybridized carbons (Fsp3) is 0.611. The highest BCUT2D eigenvalue weighted by Crippen LogP contribution is 2.31. The standard InChI is InChI=1S/C18H25Cl2N3O3S/c1-14-5-7-22(8-6-14)17(24)13-21-9-11-23(12-10-21)27(25,26)16-4-2-3-15(19)18(16)20/h2-4,14H,5-13H2,1H3. The molecule has 6 nitrogen and oxygen atoms in total. The van der Waals surface area contributed by atoms with Gasteiger partial charge in [0, 0.05) is 39.3 Å². The van der Waals surface area contributed by atoms with Gasteiger partial charge in [-0.25, -0.2) is 8.42 Å². The summed E-state index contributed by atoms with van der Waals surface area (Å²) in [6, 6.07) is 4.61. The van der Waals surface area contributed by atoms with Crippen molar-refractivity contribution in [2.24, 2.45) is 5.92 Å². The molecular weight excluding hydrogens is 409 g/mol. The molecule has 9 heteroatoms. The summed E-state index contributed by atoms with van der Waals surface area (Å²) in [4.78, 5) is 16.5. The predicted molar refractivity (Wildman–Crippen MR) is 107 cm³/mol. The molecule has 0 aliphatic carbocycles. The molecule has 0 radical (unpaired) electrons. The smallest absolute Gasteiger partial charge is 0.244 e. The van der Waals surface area contributed by atoms with E-state index in [1.165, 1.54) is 10.4 Å². The zero-order chi connectivity index (χ0) is 19.6. The van der Waals surface area contributed by atoms with E-state index in [4.69, 9.17) is 23.2 Å². The van der Waals surface area contributed by atoms with Gasteiger partial charge in [0.25, 0.3) is 0 Å². The SMILES string of the molecule is CC1CCN(C(=O)CN2CCN(S(=O)(=O)c3cccc(Cl)c3Cl)CC2)CC1. The van der Waals surface area contributed by atoms with Crippen molar-refractivity contribution in [2.75, 3.05) is 45.8 Å². The van der Waals surface area contributed by atoms with Crippen LogP contribution >= 0.6 is 23.2 Å². The first-order valence-corrected chi connectivity index (χ1v) is 11.4. The molecule has 0 unspecified atom stereocenters. The Morgan fingerprint density at radius 2 is 1.70 bits per heavy atom. The second-order valence-electron chi connectivity index (χ2n) is 7.30. The summed E-state index contributed by atoms with van der Waals surface area (Å²) in [5, 5.41) is 0.272. The normalized spacial score (nSPS) is 20.8. The molecule has 2 fully saturated rings. The molecule has 150 valence electrons. The summed E-state index contributed by atoms with van der Waals surface area (Å²) in [5.74, 6) is 0.817. The molecule has 0 atom stereocenters. The Bertz CT molecular complexity index is 787. The summed E-state index contributed by atoms with van der Waals surface area (Å²) >= 11 is 12.0. The molecule has 0 aromatic heterocycles. The Morgan fingerprint density at radius 3 is 2.33 bits per heavy atom. The zero-order valence-electron chi connectivity index (χ0n) is 15.4. The van der Waals surface area contributed by atoms with E-state index in [1.807, 2.05) is 9.80 Å². The van der Waals surface area contributed by atoms with Gasteiger partial charge in [0.05, 0.1) is 16.6 Å². The van der Waals surface area contributed by atoms with Gasteiger partial charge in [0.2, 0.25) is 15.9 Å². The number of nitrogens with zero attached hydrogens (tertiary/aromatic N) is 3. The van der Waals surface area contributed by atoms with E-state index in [9.17, 15) is 13.2 Å². The molecule has 27 heavy (non-hydrogen) atoms. The topological polar surface area (TPSA) is 60.9 Å². The van der Waals surface area contributed by atoms with Gasteiger partial charge in [-0.05, 0) is 30.9 Å². The van der Waals surface area contributed by atoms with Gasteiger partial charge in [-0.1, -0.05) is 36.2 Å². The number of piperazine rings is 1. The van der Waals surface area contributed by atoms with Gasteiger partial charge < -0.3 is 4.90 Å². The first kappa shape index (κ1) is 20.9. The first-order valence-electron chi connectivity index (χ1n) is 9.23. The number of piperidine rings is 1. The van der Waals surface area contributed by atoms with E-state index in [2.05, 4.69) is 6.92 Å². The van der Waals surface area contributed by atoms with Crippen LogP contribution in [0.2, 0.25) is 10.0 Å². The van der Waals surface area contributed by atoms with Gasteiger partial charge in [0.15, 0.2) is 0 Å². The number of likely N-dealkylation sites (tertiary alicyclic amines) is 1. The fourth-order valence-electron chi connectivity index (χ4n) is 3.50. The number of carbonyl (C=O) groups excluding carboxylic acids is 1. The molecule has 0 bridgehead atoms. The monoisotopic (exact) mass is 433 g/mol. The minimum absolute atomic E-state index is 0.0311. The van der Waals surface area contributed by atoms with E-state index in [1.54, 1.807) is 12.1 Å². The Kier molecular flexibility index (Phi) is 6.69. The molecule has 2 heterocycles. The number of amides is 1. The number of rotatable bonds is 4. The minimum Gasteiger partial charge on any atom is -0.342 e. The lowest BCUT2D eigenvalue weighted by Crippen LogP contribution is -2.52. The van der Waals surface area contributed by atoms with Gasteiger partial charge >= 0.3 is 0 Å². The molecular formula is C18H25Cl2N3O3S. The number of hydrogen-bond donors (Lipinski definition) is 0. The molecule has 2 aliphatic heterocycles. The van der Waals surface area contributed by atoms with E-state index < -0.39 is 10.0 Å². The highest BCUT2D eigenvalue weighted by molar-refractivity contribution is 7.89. The molecule has 0 spiro atoms. The van der Waals surface area contributed by atoms with Crippen molar-refractivity contribution in [2.45, 2.75) is 24.7 Å². The Morgan fingerprint density at radius 1 is 1.07 bits per heavy atom. The zero-order valence-corrected chi connectivity index (χ0v) is 17.7. The van der Waals surface area contributed by atoms with Crippen LogP contribution in [0.15, 0.2) is 23.1 Å². The van der Waals surface area contributed by atoms with E-state index >= 15 is 0 Å². The molecule has 2 saturated heterocycles. The molecule has 0 saturated carbocycles. The van der Waals surface area contributed by atoms with E-state index in [0.29, 0.717) is 38.6 Å². The van der Waals surface area contributed by atoms with Crippen LogP contribution in [0.4, 0.5) is 0 Å². The Labute approximate surface area is 171 Å². The van der Waals surface area contributed by atoms with Crippen LogP contribution in [-0.4, -0.2) is 74.2 Å². The van der Waals surface area contributed by atoms with Crippen LogP contribution in [0.3, 0.4) is 0 Å². The van der Waals surface area contributed by atoms with Gasteiger partial charge in [-0.2, -0.15) is 4.31 Å². The van der Waals surface area contributed by atoms with Crippen molar-refractivity contribution >= 4 is 39.1 Å². The lowest BCUT2D eigenvalue weighted by atomic mass is 9.99. The van der Waals surface area contributed by atoms with Gasteiger partial charge in [-0.15, -0.1) is 0 Å². The number of carbonyl (C=O) groups is 1. The summed E-state index contributed by atoms with van der Waals surface area (Å²) < 4.78 is 27.1. The summed E-state index contributed by atoms with van der Waals surface area (Å²) in [6.07, 6.45) is 2.11. The third kappa shape index (κ3) is 4.77. The summed E-state index contributed by atoms with van der Waals surface area (Å²) in [7, 11) is -3.70. The van der Waals surface area contributed by atoms with Crippen LogP contribution < -0.4 is 0 Å². The van der Waals surface area contributed by atoms with Gasteiger partial charge in [0.1, 0.15) is 4.90 Å². The third-order valence-electron chi connectivity index (χ3n) is 5.36. The highest BCUT2D eigenvalue weighted by Gasteiger charge is 2.31.